The Morgan fingerprint density at radius 3 is 2.69 bits per heavy atom. The lowest BCUT2D eigenvalue weighted by molar-refractivity contribution is 0.339. The van der Waals surface area contributed by atoms with Crippen LogP contribution in [0.15, 0.2) is 12.1 Å². The van der Waals surface area contributed by atoms with E-state index in [-0.39, 0.29) is 5.82 Å². The standard InChI is InChI=1S/C14H20FN/c1-9-6-11(3)14(13(15)7-9)12-8-16-5-4-10(12)2/h6-7,10,12,16H,4-5,8H2,1-3H3. The average Bonchev–Trinajstić information content (AvgIpc) is 2.19. The third kappa shape index (κ3) is 2.12. The second-order valence-electron chi connectivity index (χ2n) is 5.05. The molecule has 2 rings (SSSR count). The maximum Gasteiger partial charge on any atom is 0.127 e. The first kappa shape index (κ1) is 11.6. The first-order valence-corrected chi connectivity index (χ1v) is 6.07. The third-order valence-electron chi connectivity index (χ3n) is 3.68. The molecule has 0 amide bonds. The summed E-state index contributed by atoms with van der Waals surface area (Å²) in [4.78, 5) is 0. The summed E-state index contributed by atoms with van der Waals surface area (Å²) in [5.74, 6) is 0.865. The van der Waals surface area contributed by atoms with Crippen molar-refractivity contribution in [3.05, 3.63) is 34.6 Å². The molecule has 0 saturated carbocycles. The average molecular weight is 221 g/mol. The molecule has 1 saturated heterocycles. The first-order chi connectivity index (χ1) is 7.59. The van der Waals surface area contributed by atoms with Gasteiger partial charge in [0.05, 0.1) is 0 Å². The molecule has 0 radical (unpaired) electrons. The van der Waals surface area contributed by atoms with E-state index >= 15 is 0 Å². The summed E-state index contributed by atoms with van der Waals surface area (Å²) in [6, 6.07) is 3.74. The normalized spacial score (nSPS) is 25.8. The van der Waals surface area contributed by atoms with Crippen LogP contribution in [0.2, 0.25) is 0 Å². The number of halogens is 1. The molecule has 1 aliphatic rings. The van der Waals surface area contributed by atoms with E-state index in [9.17, 15) is 4.39 Å². The van der Waals surface area contributed by atoms with E-state index in [1.807, 2.05) is 13.8 Å². The Hall–Kier alpha value is -0.890. The molecule has 0 aliphatic carbocycles. The van der Waals surface area contributed by atoms with Gasteiger partial charge in [-0.05, 0) is 55.5 Å². The lowest BCUT2D eigenvalue weighted by Crippen LogP contribution is -2.34. The summed E-state index contributed by atoms with van der Waals surface area (Å²) in [5, 5.41) is 3.37. The van der Waals surface area contributed by atoms with E-state index < -0.39 is 0 Å². The van der Waals surface area contributed by atoms with Gasteiger partial charge in [0.15, 0.2) is 0 Å². The van der Waals surface area contributed by atoms with Gasteiger partial charge in [0.2, 0.25) is 0 Å². The monoisotopic (exact) mass is 221 g/mol. The Bertz CT molecular complexity index is 363. The Kier molecular flexibility index (Phi) is 3.29. The molecule has 0 bridgehead atoms. The van der Waals surface area contributed by atoms with Crippen molar-refractivity contribution in [3.8, 4) is 0 Å². The topological polar surface area (TPSA) is 12.0 Å². The fourth-order valence-corrected chi connectivity index (χ4v) is 2.77. The molecule has 1 aromatic carbocycles. The van der Waals surface area contributed by atoms with Crippen molar-refractivity contribution in [1.29, 1.82) is 0 Å². The van der Waals surface area contributed by atoms with Gasteiger partial charge in [-0.2, -0.15) is 0 Å². The summed E-state index contributed by atoms with van der Waals surface area (Å²) in [6.07, 6.45) is 1.14. The van der Waals surface area contributed by atoms with Crippen LogP contribution in [0.25, 0.3) is 0 Å². The van der Waals surface area contributed by atoms with Gasteiger partial charge in [-0.25, -0.2) is 4.39 Å². The minimum Gasteiger partial charge on any atom is -0.316 e. The van der Waals surface area contributed by atoms with Crippen molar-refractivity contribution in [3.63, 3.8) is 0 Å². The molecule has 0 aromatic heterocycles. The quantitative estimate of drug-likeness (QED) is 0.768. The molecular formula is C14H20FN. The van der Waals surface area contributed by atoms with E-state index in [4.69, 9.17) is 0 Å². The van der Waals surface area contributed by atoms with E-state index in [0.717, 1.165) is 36.2 Å². The van der Waals surface area contributed by atoms with Crippen molar-refractivity contribution < 1.29 is 4.39 Å². The number of benzene rings is 1. The van der Waals surface area contributed by atoms with E-state index in [1.165, 1.54) is 0 Å². The van der Waals surface area contributed by atoms with Gasteiger partial charge in [-0.3, -0.25) is 0 Å². The Morgan fingerprint density at radius 1 is 1.31 bits per heavy atom. The second-order valence-corrected chi connectivity index (χ2v) is 5.05. The van der Waals surface area contributed by atoms with Crippen LogP contribution in [0.3, 0.4) is 0 Å². The lowest BCUT2D eigenvalue weighted by atomic mass is 9.80. The maximum absolute atomic E-state index is 14.0. The molecule has 0 spiro atoms. The predicted octanol–water partition coefficient (Wildman–Crippen LogP) is 3.16. The van der Waals surface area contributed by atoms with Gasteiger partial charge >= 0.3 is 0 Å². The number of aryl methyl sites for hydroxylation is 2. The molecule has 88 valence electrons. The second kappa shape index (κ2) is 4.54. The maximum atomic E-state index is 14.0. The SMILES string of the molecule is Cc1cc(C)c(C2CNCCC2C)c(F)c1. The van der Waals surface area contributed by atoms with Crippen LogP contribution in [0.1, 0.15) is 36.0 Å². The molecule has 1 N–H and O–H groups in total. The highest BCUT2D eigenvalue weighted by atomic mass is 19.1. The highest BCUT2D eigenvalue weighted by Gasteiger charge is 2.26. The fourth-order valence-electron chi connectivity index (χ4n) is 2.77. The van der Waals surface area contributed by atoms with Gasteiger partial charge in [-0.1, -0.05) is 13.0 Å². The molecule has 1 aromatic rings. The lowest BCUT2D eigenvalue weighted by Gasteiger charge is -2.31. The summed E-state index contributed by atoms with van der Waals surface area (Å²) in [7, 11) is 0. The number of hydrogen-bond donors (Lipinski definition) is 1. The minimum atomic E-state index is -0.0296. The fraction of sp³-hybridized carbons (Fsp3) is 0.571. The minimum absolute atomic E-state index is 0.0296. The van der Waals surface area contributed by atoms with Gasteiger partial charge in [0.25, 0.3) is 0 Å². The zero-order valence-electron chi connectivity index (χ0n) is 10.3. The largest absolute Gasteiger partial charge is 0.316 e. The number of piperidine rings is 1. The summed E-state index contributed by atoms with van der Waals surface area (Å²) >= 11 is 0. The van der Waals surface area contributed by atoms with E-state index in [1.54, 1.807) is 6.07 Å². The van der Waals surface area contributed by atoms with Gasteiger partial charge in [0.1, 0.15) is 5.82 Å². The summed E-state index contributed by atoms with van der Waals surface area (Å²) in [5.41, 5.74) is 3.03. The van der Waals surface area contributed by atoms with Crippen LogP contribution < -0.4 is 5.32 Å². The zero-order chi connectivity index (χ0) is 11.7. The molecule has 1 nitrogen and oxygen atoms in total. The summed E-state index contributed by atoms with van der Waals surface area (Å²) in [6.45, 7) is 8.16. The van der Waals surface area contributed by atoms with Crippen LogP contribution in [0.4, 0.5) is 4.39 Å². The molecule has 1 heterocycles. The number of nitrogens with one attached hydrogen (secondary N) is 1. The Balaban J connectivity index is 2.38. The van der Waals surface area contributed by atoms with Crippen LogP contribution >= 0.6 is 0 Å². The van der Waals surface area contributed by atoms with Crippen molar-refractivity contribution in [2.45, 2.75) is 33.1 Å². The molecule has 1 fully saturated rings. The Morgan fingerprint density at radius 2 is 2.06 bits per heavy atom. The molecule has 1 aliphatic heterocycles. The van der Waals surface area contributed by atoms with Crippen molar-refractivity contribution in [1.82, 2.24) is 5.32 Å². The van der Waals surface area contributed by atoms with Crippen molar-refractivity contribution >= 4 is 0 Å². The first-order valence-electron chi connectivity index (χ1n) is 6.07. The zero-order valence-corrected chi connectivity index (χ0v) is 10.3. The molecule has 16 heavy (non-hydrogen) atoms. The summed E-state index contributed by atoms with van der Waals surface area (Å²) < 4.78 is 14.0. The van der Waals surface area contributed by atoms with E-state index in [2.05, 4.69) is 18.3 Å². The highest BCUT2D eigenvalue weighted by Crippen LogP contribution is 2.33. The van der Waals surface area contributed by atoms with Gasteiger partial charge in [0, 0.05) is 12.5 Å². The van der Waals surface area contributed by atoms with Crippen molar-refractivity contribution in [2.75, 3.05) is 13.1 Å². The van der Waals surface area contributed by atoms with Crippen LogP contribution in [0, 0.1) is 25.6 Å². The van der Waals surface area contributed by atoms with E-state index in [0.29, 0.717) is 11.8 Å². The van der Waals surface area contributed by atoms with Crippen LogP contribution in [-0.4, -0.2) is 13.1 Å². The van der Waals surface area contributed by atoms with Crippen LogP contribution in [0.5, 0.6) is 0 Å². The Labute approximate surface area is 97.1 Å². The molecule has 2 atom stereocenters. The number of rotatable bonds is 1. The third-order valence-corrected chi connectivity index (χ3v) is 3.68. The van der Waals surface area contributed by atoms with Gasteiger partial charge < -0.3 is 5.32 Å². The smallest absolute Gasteiger partial charge is 0.127 e. The van der Waals surface area contributed by atoms with Crippen LogP contribution in [-0.2, 0) is 0 Å². The predicted molar refractivity (Wildman–Crippen MR) is 65.3 cm³/mol. The van der Waals surface area contributed by atoms with Gasteiger partial charge in [-0.15, -0.1) is 0 Å². The molecular weight excluding hydrogens is 201 g/mol. The highest BCUT2D eigenvalue weighted by molar-refractivity contribution is 5.35. The molecule has 2 unspecified atom stereocenters. The molecule has 2 heteroatoms. The van der Waals surface area contributed by atoms with Crippen molar-refractivity contribution in [2.24, 2.45) is 5.92 Å². The number of hydrogen-bond acceptors (Lipinski definition) is 1.